The quantitative estimate of drug-likeness (QED) is 0.838. The maximum Gasteiger partial charge on any atom is 0.177 e. The molecule has 1 fully saturated rings. The minimum Gasteiger partial charge on any atom is -0.371 e. The van der Waals surface area contributed by atoms with E-state index in [9.17, 15) is 0 Å². The Balaban J connectivity index is 1.86. The van der Waals surface area contributed by atoms with Gasteiger partial charge in [-0.3, -0.25) is 0 Å². The zero-order valence-electron chi connectivity index (χ0n) is 11.4. The molecule has 0 bridgehead atoms. The van der Waals surface area contributed by atoms with E-state index in [0.717, 1.165) is 37.4 Å². The molecule has 0 amide bonds. The van der Waals surface area contributed by atoms with E-state index >= 15 is 0 Å². The molecule has 3 rings (SSSR count). The number of rotatable bonds is 3. The summed E-state index contributed by atoms with van der Waals surface area (Å²) >= 11 is 0. The van der Waals surface area contributed by atoms with Gasteiger partial charge < -0.3 is 9.64 Å². The van der Waals surface area contributed by atoms with Crippen LogP contribution in [0.4, 0.5) is 5.82 Å². The van der Waals surface area contributed by atoms with Crippen LogP contribution < -0.4 is 4.90 Å². The average Bonchev–Trinajstić information content (AvgIpc) is 2.94. The van der Waals surface area contributed by atoms with E-state index in [1.54, 1.807) is 10.8 Å². The van der Waals surface area contributed by atoms with Crippen molar-refractivity contribution in [3.8, 4) is 0 Å². The van der Waals surface area contributed by atoms with Crippen molar-refractivity contribution < 1.29 is 4.74 Å². The summed E-state index contributed by atoms with van der Waals surface area (Å²) in [5, 5.41) is 12.4. The Morgan fingerprint density at radius 3 is 2.63 bits per heavy atom. The Morgan fingerprint density at radius 2 is 1.95 bits per heavy atom. The zero-order valence-corrected chi connectivity index (χ0v) is 11.4. The van der Waals surface area contributed by atoms with E-state index in [4.69, 9.17) is 4.74 Å². The highest BCUT2D eigenvalue weighted by Crippen LogP contribution is 2.21. The van der Waals surface area contributed by atoms with Crippen LogP contribution in [0.25, 0.3) is 5.65 Å². The van der Waals surface area contributed by atoms with E-state index in [2.05, 4.69) is 34.0 Å². The zero-order chi connectivity index (χ0) is 13.2. The van der Waals surface area contributed by atoms with Crippen LogP contribution in [-0.2, 0) is 4.74 Å². The molecule has 6 heteroatoms. The maximum atomic E-state index is 6.01. The summed E-state index contributed by atoms with van der Waals surface area (Å²) in [4.78, 5) is 2.30. The highest BCUT2D eigenvalue weighted by atomic mass is 16.5. The SMILES string of the molecule is CCC1CN(c2ccc3nncn3n2)CC(CC)O1. The van der Waals surface area contributed by atoms with Crippen molar-refractivity contribution in [1.82, 2.24) is 19.8 Å². The number of hydrogen-bond donors (Lipinski definition) is 0. The largest absolute Gasteiger partial charge is 0.371 e. The highest BCUT2D eigenvalue weighted by Gasteiger charge is 2.26. The smallest absolute Gasteiger partial charge is 0.177 e. The Bertz CT molecular complexity index is 543. The van der Waals surface area contributed by atoms with E-state index in [0.29, 0.717) is 0 Å². The van der Waals surface area contributed by atoms with Crippen LogP contribution >= 0.6 is 0 Å². The molecule has 102 valence electrons. The summed E-state index contributed by atoms with van der Waals surface area (Å²) in [6.45, 7) is 6.12. The first-order valence-electron chi connectivity index (χ1n) is 6.87. The number of fused-ring (bicyclic) bond motifs is 1. The van der Waals surface area contributed by atoms with Crippen molar-refractivity contribution >= 4 is 11.5 Å². The summed E-state index contributed by atoms with van der Waals surface area (Å²) in [5.74, 6) is 0.965. The van der Waals surface area contributed by atoms with Crippen molar-refractivity contribution in [2.75, 3.05) is 18.0 Å². The molecular weight excluding hydrogens is 242 g/mol. The molecule has 0 aliphatic carbocycles. The highest BCUT2D eigenvalue weighted by molar-refractivity contribution is 5.45. The molecule has 2 aromatic heterocycles. The second kappa shape index (κ2) is 5.13. The van der Waals surface area contributed by atoms with Gasteiger partial charge in [-0.15, -0.1) is 15.3 Å². The van der Waals surface area contributed by atoms with Crippen molar-refractivity contribution in [2.24, 2.45) is 0 Å². The Kier molecular flexibility index (Phi) is 3.33. The Morgan fingerprint density at radius 1 is 1.21 bits per heavy atom. The molecule has 19 heavy (non-hydrogen) atoms. The molecule has 0 N–H and O–H groups in total. The number of morpholine rings is 1. The van der Waals surface area contributed by atoms with Crippen molar-refractivity contribution in [1.29, 1.82) is 0 Å². The number of anilines is 1. The lowest BCUT2D eigenvalue weighted by atomic mass is 10.1. The Labute approximate surface area is 112 Å². The molecule has 0 aromatic carbocycles. The fraction of sp³-hybridized carbons (Fsp3) is 0.615. The van der Waals surface area contributed by atoms with Crippen LogP contribution in [0, 0.1) is 0 Å². The molecule has 2 unspecified atom stereocenters. The fourth-order valence-corrected chi connectivity index (χ4v) is 2.45. The van der Waals surface area contributed by atoms with Gasteiger partial charge in [0.2, 0.25) is 0 Å². The molecule has 0 radical (unpaired) electrons. The van der Waals surface area contributed by atoms with Gasteiger partial charge in [-0.2, -0.15) is 4.52 Å². The molecule has 3 heterocycles. The Hall–Kier alpha value is -1.69. The second-order valence-electron chi connectivity index (χ2n) is 4.93. The van der Waals surface area contributed by atoms with Gasteiger partial charge in [-0.25, -0.2) is 0 Å². The predicted octanol–water partition coefficient (Wildman–Crippen LogP) is 1.52. The molecule has 1 saturated heterocycles. The summed E-state index contributed by atoms with van der Waals surface area (Å²) in [6, 6.07) is 3.96. The number of nitrogens with zero attached hydrogens (tertiary/aromatic N) is 5. The van der Waals surface area contributed by atoms with E-state index in [-0.39, 0.29) is 12.2 Å². The fourth-order valence-electron chi connectivity index (χ4n) is 2.45. The van der Waals surface area contributed by atoms with Crippen molar-refractivity contribution in [3.05, 3.63) is 18.5 Å². The average molecular weight is 261 g/mol. The molecule has 0 spiro atoms. The standard InChI is InChI=1S/C13H19N5O/c1-3-10-7-17(8-11(4-2)19-10)13-6-5-12-15-14-9-18(12)16-13/h5-6,9-11H,3-4,7-8H2,1-2H3. The van der Waals surface area contributed by atoms with E-state index in [1.165, 1.54) is 0 Å². The lowest BCUT2D eigenvalue weighted by molar-refractivity contribution is -0.0288. The first kappa shape index (κ1) is 12.3. The van der Waals surface area contributed by atoms with Gasteiger partial charge in [-0.1, -0.05) is 13.8 Å². The van der Waals surface area contributed by atoms with Gasteiger partial charge in [0.05, 0.1) is 12.2 Å². The summed E-state index contributed by atoms with van der Waals surface area (Å²) in [7, 11) is 0. The molecule has 1 aliphatic rings. The number of hydrogen-bond acceptors (Lipinski definition) is 5. The topological polar surface area (TPSA) is 55.6 Å². The van der Waals surface area contributed by atoms with Gasteiger partial charge in [0.1, 0.15) is 12.1 Å². The third-order valence-corrected chi connectivity index (χ3v) is 3.62. The molecule has 2 atom stereocenters. The first-order chi connectivity index (χ1) is 9.30. The molecule has 1 aliphatic heterocycles. The van der Waals surface area contributed by atoms with Crippen LogP contribution in [-0.4, -0.2) is 45.1 Å². The van der Waals surface area contributed by atoms with Gasteiger partial charge in [0.15, 0.2) is 5.65 Å². The summed E-state index contributed by atoms with van der Waals surface area (Å²) in [6.07, 6.45) is 4.27. The van der Waals surface area contributed by atoms with Crippen LogP contribution in [0.3, 0.4) is 0 Å². The molecule has 0 saturated carbocycles. The lowest BCUT2D eigenvalue weighted by Crippen LogP contribution is -2.47. The van der Waals surface area contributed by atoms with Crippen LogP contribution in [0.5, 0.6) is 0 Å². The molecule has 6 nitrogen and oxygen atoms in total. The number of aromatic nitrogens is 4. The first-order valence-corrected chi connectivity index (χ1v) is 6.87. The predicted molar refractivity (Wildman–Crippen MR) is 72.2 cm³/mol. The van der Waals surface area contributed by atoms with Crippen molar-refractivity contribution in [2.45, 2.75) is 38.9 Å². The molecular formula is C13H19N5O. The monoisotopic (exact) mass is 261 g/mol. The van der Waals surface area contributed by atoms with Gasteiger partial charge in [0.25, 0.3) is 0 Å². The molecule has 2 aromatic rings. The van der Waals surface area contributed by atoms with E-state index < -0.39 is 0 Å². The van der Waals surface area contributed by atoms with Gasteiger partial charge in [0, 0.05) is 13.1 Å². The minimum absolute atomic E-state index is 0.289. The van der Waals surface area contributed by atoms with E-state index in [1.807, 2.05) is 12.1 Å². The van der Waals surface area contributed by atoms with Gasteiger partial charge in [-0.05, 0) is 25.0 Å². The number of ether oxygens (including phenoxy) is 1. The van der Waals surface area contributed by atoms with Gasteiger partial charge >= 0.3 is 0 Å². The lowest BCUT2D eigenvalue weighted by Gasteiger charge is -2.38. The van der Waals surface area contributed by atoms with Crippen LogP contribution in [0.2, 0.25) is 0 Å². The normalized spacial score (nSPS) is 24.0. The third kappa shape index (κ3) is 2.40. The van der Waals surface area contributed by atoms with Crippen molar-refractivity contribution in [3.63, 3.8) is 0 Å². The van der Waals surface area contributed by atoms with Crippen LogP contribution in [0.15, 0.2) is 18.5 Å². The summed E-state index contributed by atoms with van der Waals surface area (Å²) < 4.78 is 7.72. The van der Waals surface area contributed by atoms with Crippen LogP contribution in [0.1, 0.15) is 26.7 Å². The third-order valence-electron chi connectivity index (χ3n) is 3.62. The minimum atomic E-state index is 0.289. The maximum absolute atomic E-state index is 6.01. The summed E-state index contributed by atoms with van der Waals surface area (Å²) in [5.41, 5.74) is 0.774. The second-order valence-corrected chi connectivity index (χ2v) is 4.93.